The van der Waals surface area contributed by atoms with Gasteiger partial charge in [-0.3, -0.25) is 9.52 Å². The third-order valence-electron chi connectivity index (χ3n) is 3.53. The van der Waals surface area contributed by atoms with Gasteiger partial charge in [0, 0.05) is 4.47 Å². The molecule has 0 heterocycles. The molecule has 0 saturated heterocycles. The lowest BCUT2D eigenvalue weighted by atomic mass is 10.1. The number of nitrogens with one attached hydrogen (secondary N) is 1. The number of carbonyl (C=O) groups is 1. The van der Waals surface area contributed by atoms with E-state index in [-0.39, 0.29) is 0 Å². The lowest BCUT2D eigenvalue weighted by molar-refractivity contribution is -0.145. The van der Waals surface area contributed by atoms with Gasteiger partial charge < -0.3 is 4.74 Å². The third-order valence-corrected chi connectivity index (χ3v) is 6.65. The lowest BCUT2D eigenvalue weighted by Crippen LogP contribution is -2.35. The first-order valence-electron chi connectivity index (χ1n) is 6.39. The van der Waals surface area contributed by atoms with Gasteiger partial charge in [-0.1, -0.05) is 18.0 Å². The Morgan fingerprint density at radius 3 is 2.76 bits per heavy atom. The summed E-state index contributed by atoms with van der Waals surface area (Å²) < 4.78 is 32.8. The smallest absolute Gasteiger partial charge is 0.310 e. The molecule has 1 aromatic rings. The van der Waals surface area contributed by atoms with Crippen LogP contribution in [0.15, 0.2) is 22.7 Å². The highest BCUT2D eigenvalue weighted by molar-refractivity contribution is 9.10. The molecule has 0 spiro atoms. The largest absolute Gasteiger partial charge is 0.469 e. The summed E-state index contributed by atoms with van der Waals surface area (Å²) >= 11 is 9.19. The zero-order chi connectivity index (χ0) is 15.6. The van der Waals surface area contributed by atoms with Gasteiger partial charge in [-0.05, 0) is 47.0 Å². The lowest BCUT2D eigenvalue weighted by Gasteiger charge is -2.19. The Bertz CT molecular complexity index is 650. The number of hydrogen-bond donors (Lipinski definition) is 1. The molecular formula is C13H15BrClNO4S. The summed E-state index contributed by atoms with van der Waals surface area (Å²) in [5, 5.41) is -0.362. The van der Waals surface area contributed by atoms with E-state index < -0.39 is 27.2 Å². The minimum Gasteiger partial charge on any atom is -0.469 e. The van der Waals surface area contributed by atoms with Crippen LogP contribution in [0.3, 0.4) is 0 Å². The van der Waals surface area contributed by atoms with E-state index in [1.54, 1.807) is 12.1 Å². The van der Waals surface area contributed by atoms with Crippen LogP contribution in [0.1, 0.15) is 19.3 Å². The van der Waals surface area contributed by atoms with Gasteiger partial charge in [-0.15, -0.1) is 0 Å². The number of hydrogen-bond acceptors (Lipinski definition) is 4. The molecule has 116 valence electrons. The predicted molar refractivity (Wildman–Crippen MR) is 84.8 cm³/mol. The molecule has 1 N–H and O–H groups in total. The second-order valence-electron chi connectivity index (χ2n) is 4.87. The predicted octanol–water partition coefficient (Wildman–Crippen LogP) is 3.19. The summed E-state index contributed by atoms with van der Waals surface area (Å²) in [6, 6.07) is 4.79. The molecule has 2 atom stereocenters. The van der Waals surface area contributed by atoms with Gasteiger partial charge in [-0.25, -0.2) is 8.42 Å². The summed E-state index contributed by atoms with van der Waals surface area (Å²) in [7, 11) is -2.40. The highest BCUT2D eigenvalue weighted by Crippen LogP contribution is 2.33. The highest BCUT2D eigenvalue weighted by Gasteiger charge is 2.42. The Morgan fingerprint density at radius 1 is 1.43 bits per heavy atom. The Balaban J connectivity index is 2.21. The number of esters is 1. The number of benzene rings is 1. The van der Waals surface area contributed by atoms with Crippen LogP contribution in [0.5, 0.6) is 0 Å². The topological polar surface area (TPSA) is 72.5 Å². The standard InChI is InChI=1S/C13H15BrClNO4S/c1-20-13(17)9-3-2-4-12(9)21(18,19)16-8-5-6-10(14)11(15)7-8/h5-7,9,12,16H,2-4H2,1H3. The molecule has 1 aliphatic rings. The number of rotatable bonds is 4. The van der Waals surface area contributed by atoms with Crippen molar-refractivity contribution in [1.29, 1.82) is 0 Å². The molecule has 2 rings (SSSR count). The maximum absolute atomic E-state index is 12.5. The van der Waals surface area contributed by atoms with Crippen LogP contribution in [-0.4, -0.2) is 26.7 Å². The first kappa shape index (κ1) is 16.6. The van der Waals surface area contributed by atoms with Crippen molar-refractivity contribution in [2.45, 2.75) is 24.5 Å². The molecule has 5 nitrogen and oxygen atoms in total. The van der Waals surface area contributed by atoms with E-state index in [0.29, 0.717) is 34.4 Å². The molecular weight excluding hydrogens is 382 g/mol. The fourth-order valence-electron chi connectivity index (χ4n) is 2.52. The van der Waals surface area contributed by atoms with Crippen molar-refractivity contribution in [2.24, 2.45) is 5.92 Å². The number of ether oxygens (including phenoxy) is 1. The van der Waals surface area contributed by atoms with Gasteiger partial charge in [0.1, 0.15) is 0 Å². The van der Waals surface area contributed by atoms with Crippen molar-refractivity contribution in [2.75, 3.05) is 11.8 Å². The summed E-state index contributed by atoms with van der Waals surface area (Å²) in [4.78, 5) is 11.7. The monoisotopic (exact) mass is 395 g/mol. The van der Waals surface area contributed by atoms with Crippen molar-refractivity contribution >= 4 is 49.2 Å². The number of halogens is 2. The zero-order valence-corrected chi connectivity index (χ0v) is 14.5. The van der Waals surface area contributed by atoms with E-state index in [0.717, 1.165) is 0 Å². The highest BCUT2D eigenvalue weighted by atomic mass is 79.9. The minimum atomic E-state index is -3.67. The average molecular weight is 397 g/mol. The molecule has 1 fully saturated rings. The minimum absolute atomic E-state index is 0.374. The fraction of sp³-hybridized carbons (Fsp3) is 0.462. The molecule has 0 aromatic heterocycles. The molecule has 0 amide bonds. The van der Waals surface area contributed by atoms with Crippen molar-refractivity contribution < 1.29 is 17.9 Å². The first-order chi connectivity index (χ1) is 9.85. The number of carbonyl (C=O) groups excluding carboxylic acids is 1. The molecule has 1 aromatic carbocycles. The van der Waals surface area contributed by atoms with Crippen LogP contribution in [-0.2, 0) is 19.6 Å². The van der Waals surface area contributed by atoms with Gasteiger partial charge >= 0.3 is 5.97 Å². The summed E-state index contributed by atoms with van der Waals surface area (Å²) in [6.45, 7) is 0. The Labute approximate surface area is 137 Å². The van der Waals surface area contributed by atoms with Gasteiger partial charge in [0.25, 0.3) is 0 Å². The van der Waals surface area contributed by atoms with Crippen molar-refractivity contribution in [3.63, 3.8) is 0 Å². The summed E-state index contributed by atoms with van der Waals surface area (Å²) in [5.41, 5.74) is 0.374. The van der Waals surface area contributed by atoms with Crippen molar-refractivity contribution in [3.05, 3.63) is 27.7 Å². The SMILES string of the molecule is COC(=O)C1CCCC1S(=O)(=O)Nc1ccc(Br)c(Cl)c1. The third kappa shape index (κ3) is 3.70. The quantitative estimate of drug-likeness (QED) is 0.793. The molecule has 1 saturated carbocycles. The maximum Gasteiger partial charge on any atom is 0.310 e. The van der Waals surface area contributed by atoms with E-state index in [1.165, 1.54) is 13.2 Å². The molecule has 1 aliphatic carbocycles. The Morgan fingerprint density at radius 2 is 2.14 bits per heavy atom. The van der Waals surface area contributed by atoms with Crippen molar-refractivity contribution in [3.8, 4) is 0 Å². The Hall–Kier alpha value is -0.790. The van der Waals surface area contributed by atoms with Crippen LogP contribution in [0.25, 0.3) is 0 Å². The van der Waals surface area contributed by atoms with E-state index >= 15 is 0 Å². The van der Waals surface area contributed by atoms with E-state index in [2.05, 4.69) is 25.4 Å². The van der Waals surface area contributed by atoms with Gasteiger partial charge in [0.15, 0.2) is 0 Å². The van der Waals surface area contributed by atoms with E-state index in [4.69, 9.17) is 11.6 Å². The van der Waals surface area contributed by atoms with Gasteiger partial charge in [0.05, 0.1) is 29.0 Å². The molecule has 0 bridgehead atoms. The molecule has 8 heteroatoms. The van der Waals surface area contributed by atoms with Crippen LogP contribution >= 0.6 is 27.5 Å². The van der Waals surface area contributed by atoms with Crippen molar-refractivity contribution in [1.82, 2.24) is 0 Å². The van der Waals surface area contributed by atoms with Crippen LogP contribution in [0.4, 0.5) is 5.69 Å². The second kappa shape index (κ2) is 6.54. The maximum atomic E-state index is 12.5. The molecule has 0 radical (unpaired) electrons. The number of sulfonamides is 1. The molecule has 0 aliphatic heterocycles. The van der Waals surface area contributed by atoms with Crippen LogP contribution < -0.4 is 4.72 Å². The first-order valence-corrected chi connectivity index (χ1v) is 9.11. The summed E-state index contributed by atoms with van der Waals surface area (Å²) in [5.74, 6) is -1.09. The number of anilines is 1. The average Bonchev–Trinajstić information content (AvgIpc) is 2.92. The van der Waals surface area contributed by atoms with Gasteiger partial charge in [0.2, 0.25) is 10.0 Å². The normalized spacial score (nSPS) is 22.0. The molecule has 21 heavy (non-hydrogen) atoms. The second-order valence-corrected chi connectivity index (χ2v) is 8.04. The van der Waals surface area contributed by atoms with Crippen LogP contribution in [0.2, 0.25) is 5.02 Å². The van der Waals surface area contributed by atoms with E-state index in [9.17, 15) is 13.2 Å². The molecule has 2 unspecified atom stereocenters. The van der Waals surface area contributed by atoms with E-state index in [1.807, 2.05) is 0 Å². The zero-order valence-electron chi connectivity index (χ0n) is 11.3. The van der Waals surface area contributed by atoms with Crippen LogP contribution in [0, 0.1) is 5.92 Å². The summed E-state index contributed by atoms with van der Waals surface area (Å²) in [6.07, 6.45) is 1.66. The number of methoxy groups -OCH3 is 1. The fourth-order valence-corrected chi connectivity index (χ4v) is 4.71. The van der Waals surface area contributed by atoms with Gasteiger partial charge in [-0.2, -0.15) is 0 Å². The Kier molecular flexibility index (Phi) is 5.16.